The number of hydrogen-bond donors (Lipinski definition) is 3. The van der Waals surface area contributed by atoms with Crippen LogP contribution in [0.5, 0.6) is 0 Å². The minimum absolute atomic E-state index is 0.230. The summed E-state index contributed by atoms with van der Waals surface area (Å²) < 4.78 is 0. The van der Waals surface area contributed by atoms with Crippen molar-refractivity contribution in [1.82, 2.24) is 0 Å². The Morgan fingerprint density at radius 1 is 0.789 bits per heavy atom. The molecule has 2 rings (SSSR count). The van der Waals surface area contributed by atoms with Gasteiger partial charge in [-0.1, -0.05) is 18.2 Å². The molecule has 2 aromatic carbocycles. The zero-order valence-corrected chi connectivity index (χ0v) is 9.83. The highest BCUT2D eigenvalue weighted by Crippen LogP contribution is 2.23. The molecule has 2 aromatic rings. The zero-order valence-electron chi connectivity index (χ0n) is 9.83. The average Bonchev–Trinajstić information content (AvgIpc) is 2.38. The number of anilines is 1. The third-order valence-corrected chi connectivity index (χ3v) is 2.72. The number of carboxylic acids is 2. The van der Waals surface area contributed by atoms with Crippen molar-refractivity contribution in [2.45, 2.75) is 0 Å². The van der Waals surface area contributed by atoms with E-state index in [1.807, 2.05) is 0 Å². The van der Waals surface area contributed by atoms with Crippen LogP contribution < -0.4 is 5.73 Å². The molecule has 19 heavy (non-hydrogen) atoms. The van der Waals surface area contributed by atoms with Crippen molar-refractivity contribution in [3.8, 4) is 11.1 Å². The summed E-state index contributed by atoms with van der Waals surface area (Å²) in [6.45, 7) is 0. The van der Waals surface area contributed by atoms with Crippen LogP contribution in [0.1, 0.15) is 20.7 Å². The van der Waals surface area contributed by atoms with Crippen molar-refractivity contribution < 1.29 is 19.8 Å². The molecule has 0 amide bonds. The number of carbonyl (C=O) groups is 2. The average molecular weight is 257 g/mol. The zero-order chi connectivity index (χ0) is 14.0. The minimum Gasteiger partial charge on any atom is -0.478 e. The molecule has 0 aliphatic rings. The van der Waals surface area contributed by atoms with Crippen LogP contribution in [0.3, 0.4) is 0 Å². The summed E-state index contributed by atoms with van der Waals surface area (Å²) in [6.07, 6.45) is 0. The van der Waals surface area contributed by atoms with E-state index in [0.29, 0.717) is 11.3 Å². The van der Waals surface area contributed by atoms with E-state index >= 15 is 0 Å². The molecule has 0 aromatic heterocycles. The van der Waals surface area contributed by atoms with Crippen molar-refractivity contribution in [3.05, 3.63) is 53.6 Å². The van der Waals surface area contributed by atoms with Gasteiger partial charge in [-0.15, -0.1) is 0 Å². The van der Waals surface area contributed by atoms with Gasteiger partial charge in [0.1, 0.15) is 0 Å². The quantitative estimate of drug-likeness (QED) is 0.732. The van der Waals surface area contributed by atoms with E-state index in [9.17, 15) is 9.59 Å². The second-order valence-electron chi connectivity index (χ2n) is 3.99. The number of rotatable bonds is 3. The van der Waals surface area contributed by atoms with Crippen LogP contribution in [-0.2, 0) is 0 Å². The fourth-order valence-corrected chi connectivity index (χ4v) is 1.76. The van der Waals surface area contributed by atoms with Gasteiger partial charge in [-0.2, -0.15) is 0 Å². The van der Waals surface area contributed by atoms with E-state index in [-0.39, 0.29) is 11.1 Å². The molecule has 0 spiro atoms. The molecule has 0 fully saturated rings. The maximum atomic E-state index is 11.1. The number of hydrogen-bond acceptors (Lipinski definition) is 3. The van der Waals surface area contributed by atoms with Gasteiger partial charge >= 0.3 is 11.9 Å². The summed E-state index contributed by atoms with van der Waals surface area (Å²) in [4.78, 5) is 22.0. The van der Waals surface area contributed by atoms with E-state index in [1.54, 1.807) is 30.3 Å². The molecule has 4 N–H and O–H groups in total. The van der Waals surface area contributed by atoms with E-state index in [0.717, 1.165) is 5.56 Å². The Bertz CT molecular complexity index is 647. The van der Waals surface area contributed by atoms with Crippen molar-refractivity contribution in [2.24, 2.45) is 0 Å². The lowest BCUT2D eigenvalue weighted by molar-refractivity contribution is 0.0651. The van der Waals surface area contributed by atoms with E-state index in [4.69, 9.17) is 15.9 Å². The third kappa shape index (κ3) is 2.55. The SMILES string of the molecule is Nc1ccc(-c2ccc(C(=O)O)c(C(=O)O)c2)cc1. The molecule has 5 heteroatoms. The molecule has 0 heterocycles. The first kappa shape index (κ1) is 12.6. The summed E-state index contributed by atoms with van der Waals surface area (Å²) in [6, 6.07) is 11.1. The Balaban J connectivity index is 2.55. The summed E-state index contributed by atoms with van der Waals surface area (Å²) >= 11 is 0. The second kappa shape index (κ2) is 4.81. The number of nitrogen functional groups attached to an aromatic ring is 1. The molecule has 96 valence electrons. The third-order valence-electron chi connectivity index (χ3n) is 2.72. The van der Waals surface area contributed by atoms with Crippen LogP contribution in [0, 0.1) is 0 Å². The molecule has 0 aliphatic carbocycles. The predicted molar refractivity (Wildman–Crippen MR) is 70.2 cm³/mol. The lowest BCUT2D eigenvalue weighted by Gasteiger charge is -2.06. The van der Waals surface area contributed by atoms with E-state index < -0.39 is 11.9 Å². The number of aromatic carboxylic acids is 2. The highest BCUT2D eigenvalue weighted by atomic mass is 16.4. The number of benzene rings is 2. The molecule has 0 bridgehead atoms. The van der Waals surface area contributed by atoms with Crippen LogP contribution >= 0.6 is 0 Å². The van der Waals surface area contributed by atoms with Crippen LogP contribution in [0.2, 0.25) is 0 Å². The Kier molecular flexibility index (Phi) is 3.20. The summed E-state index contributed by atoms with van der Waals surface area (Å²) in [5.74, 6) is -2.53. The van der Waals surface area contributed by atoms with Gasteiger partial charge in [0.05, 0.1) is 11.1 Å². The van der Waals surface area contributed by atoms with Gasteiger partial charge in [-0.25, -0.2) is 9.59 Å². The Hall–Kier alpha value is -2.82. The molecule has 0 unspecified atom stereocenters. The summed E-state index contributed by atoms with van der Waals surface area (Å²) in [5.41, 5.74) is 7.11. The van der Waals surface area contributed by atoms with Crippen molar-refractivity contribution >= 4 is 17.6 Å². The van der Waals surface area contributed by atoms with E-state index in [2.05, 4.69) is 0 Å². The van der Waals surface area contributed by atoms with Gasteiger partial charge in [0, 0.05) is 5.69 Å². The standard InChI is InChI=1S/C14H11NO4/c15-10-4-1-8(2-5-10)9-3-6-11(13(16)17)12(7-9)14(18)19/h1-7H,15H2,(H,16,17)(H,18,19). The van der Waals surface area contributed by atoms with Gasteiger partial charge in [-0.3, -0.25) is 0 Å². The van der Waals surface area contributed by atoms with Crippen molar-refractivity contribution in [2.75, 3.05) is 5.73 Å². The van der Waals surface area contributed by atoms with Gasteiger partial charge in [0.2, 0.25) is 0 Å². The molecular weight excluding hydrogens is 246 g/mol. The summed E-state index contributed by atoms with van der Waals surface area (Å²) in [7, 11) is 0. The minimum atomic E-state index is -1.27. The second-order valence-corrected chi connectivity index (χ2v) is 3.99. The van der Waals surface area contributed by atoms with Crippen LogP contribution in [0.4, 0.5) is 5.69 Å². The van der Waals surface area contributed by atoms with Crippen molar-refractivity contribution in [1.29, 1.82) is 0 Å². The highest BCUT2D eigenvalue weighted by Gasteiger charge is 2.16. The maximum Gasteiger partial charge on any atom is 0.336 e. The maximum absolute atomic E-state index is 11.1. The van der Waals surface area contributed by atoms with Gasteiger partial charge in [0.15, 0.2) is 0 Å². The van der Waals surface area contributed by atoms with Crippen molar-refractivity contribution in [3.63, 3.8) is 0 Å². The Morgan fingerprint density at radius 3 is 1.84 bits per heavy atom. The van der Waals surface area contributed by atoms with E-state index in [1.165, 1.54) is 12.1 Å². The van der Waals surface area contributed by atoms with Crippen LogP contribution in [-0.4, -0.2) is 22.2 Å². The number of nitrogens with two attached hydrogens (primary N) is 1. The monoisotopic (exact) mass is 257 g/mol. The number of carboxylic acid groups (broad SMARTS) is 2. The molecular formula is C14H11NO4. The Morgan fingerprint density at radius 2 is 1.32 bits per heavy atom. The lowest BCUT2D eigenvalue weighted by Crippen LogP contribution is -2.07. The van der Waals surface area contributed by atoms with Crippen LogP contribution in [0.15, 0.2) is 42.5 Å². The van der Waals surface area contributed by atoms with Crippen LogP contribution in [0.25, 0.3) is 11.1 Å². The predicted octanol–water partition coefficient (Wildman–Crippen LogP) is 2.33. The first-order chi connectivity index (χ1) is 8.99. The highest BCUT2D eigenvalue weighted by molar-refractivity contribution is 6.02. The first-order valence-corrected chi connectivity index (χ1v) is 5.45. The fourth-order valence-electron chi connectivity index (χ4n) is 1.76. The van der Waals surface area contributed by atoms with Gasteiger partial charge in [0.25, 0.3) is 0 Å². The fraction of sp³-hybridized carbons (Fsp3) is 0. The largest absolute Gasteiger partial charge is 0.478 e. The molecule has 0 aliphatic heterocycles. The normalized spacial score (nSPS) is 10.1. The molecule has 0 radical (unpaired) electrons. The Labute approximate surface area is 108 Å². The van der Waals surface area contributed by atoms with Gasteiger partial charge < -0.3 is 15.9 Å². The molecule has 5 nitrogen and oxygen atoms in total. The smallest absolute Gasteiger partial charge is 0.336 e. The molecule has 0 saturated heterocycles. The summed E-state index contributed by atoms with van der Waals surface area (Å²) in [5, 5.41) is 18.0. The molecule has 0 atom stereocenters. The molecule has 0 saturated carbocycles. The topological polar surface area (TPSA) is 101 Å². The van der Waals surface area contributed by atoms with Gasteiger partial charge in [-0.05, 0) is 35.4 Å². The lowest BCUT2D eigenvalue weighted by atomic mass is 9.99. The first-order valence-electron chi connectivity index (χ1n) is 5.45.